The summed E-state index contributed by atoms with van der Waals surface area (Å²) in [7, 11) is 0. The van der Waals surface area contributed by atoms with Crippen molar-refractivity contribution >= 4 is 0 Å². The van der Waals surface area contributed by atoms with Gasteiger partial charge in [0.05, 0.1) is 38.2 Å². The van der Waals surface area contributed by atoms with Gasteiger partial charge in [0.25, 0.3) is 5.56 Å². The maximum atomic E-state index is 12.3. The minimum atomic E-state index is -0.0871. The van der Waals surface area contributed by atoms with Gasteiger partial charge in [-0.3, -0.25) is 14.4 Å². The zero-order chi connectivity index (χ0) is 24.3. The molecule has 9 nitrogen and oxygen atoms in total. The average Bonchev–Trinajstić information content (AvgIpc) is 3.67. The Hall–Kier alpha value is -3.69. The topological polar surface area (TPSA) is 91.0 Å². The number of nitrogens with zero attached hydrogens (tertiary/aromatic N) is 7. The highest BCUT2D eigenvalue weighted by atomic mass is 16.5. The van der Waals surface area contributed by atoms with E-state index in [-0.39, 0.29) is 5.56 Å². The molecule has 0 amide bonds. The lowest BCUT2D eigenvalue weighted by Crippen LogP contribution is -2.38. The largest absolute Gasteiger partial charge is 0.379 e. The summed E-state index contributed by atoms with van der Waals surface area (Å²) < 4.78 is 8.93. The fourth-order valence-electron chi connectivity index (χ4n) is 4.49. The van der Waals surface area contributed by atoms with Crippen LogP contribution in [-0.2, 0) is 17.8 Å². The number of ether oxygens (including phenoxy) is 1. The summed E-state index contributed by atoms with van der Waals surface area (Å²) in [6.07, 6.45) is 9.89. The van der Waals surface area contributed by atoms with Crippen LogP contribution in [0.15, 0.2) is 66.0 Å². The maximum absolute atomic E-state index is 12.3. The van der Waals surface area contributed by atoms with E-state index in [1.54, 1.807) is 10.7 Å². The molecule has 1 aromatic carbocycles. The van der Waals surface area contributed by atoms with Gasteiger partial charge in [-0.15, -0.1) is 0 Å². The maximum Gasteiger partial charge on any atom is 0.267 e. The van der Waals surface area contributed by atoms with E-state index in [0.717, 1.165) is 80.2 Å². The van der Waals surface area contributed by atoms with Crippen molar-refractivity contribution in [3.63, 3.8) is 0 Å². The van der Waals surface area contributed by atoms with Gasteiger partial charge in [-0.1, -0.05) is 18.2 Å². The van der Waals surface area contributed by atoms with Crippen LogP contribution in [0.25, 0.3) is 22.5 Å². The molecule has 6 rings (SSSR count). The number of hydrogen-bond donors (Lipinski definition) is 0. The van der Waals surface area contributed by atoms with Crippen molar-refractivity contribution in [1.82, 2.24) is 34.4 Å². The summed E-state index contributed by atoms with van der Waals surface area (Å²) in [6, 6.07) is 11.5. The highest BCUT2D eigenvalue weighted by molar-refractivity contribution is 5.62. The number of rotatable bonds is 8. The van der Waals surface area contributed by atoms with Crippen LogP contribution in [0, 0.1) is 0 Å². The molecule has 0 unspecified atom stereocenters. The summed E-state index contributed by atoms with van der Waals surface area (Å²) in [5.41, 5.74) is 4.75. The molecular formula is C27H29N7O2. The molecule has 2 aliphatic rings. The number of morpholine rings is 1. The van der Waals surface area contributed by atoms with Crippen LogP contribution >= 0.6 is 0 Å². The van der Waals surface area contributed by atoms with Crippen molar-refractivity contribution in [1.29, 1.82) is 0 Å². The summed E-state index contributed by atoms with van der Waals surface area (Å²) in [5, 5.41) is 9.08. The Morgan fingerprint density at radius 1 is 0.917 bits per heavy atom. The summed E-state index contributed by atoms with van der Waals surface area (Å²) in [4.78, 5) is 23.9. The smallest absolute Gasteiger partial charge is 0.267 e. The summed E-state index contributed by atoms with van der Waals surface area (Å²) >= 11 is 0. The number of hydrogen-bond acceptors (Lipinski definition) is 7. The van der Waals surface area contributed by atoms with Crippen molar-refractivity contribution in [3.05, 3.63) is 82.8 Å². The van der Waals surface area contributed by atoms with E-state index >= 15 is 0 Å². The quantitative estimate of drug-likeness (QED) is 0.381. The fourth-order valence-corrected chi connectivity index (χ4v) is 4.49. The zero-order valence-corrected chi connectivity index (χ0v) is 20.2. The third-order valence-electron chi connectivity index (χ3n) is 6.77. The van der Waals surface area contributed by atoms with Crippen molar-refractivity contribution in [2.24, 2.45) is 0 Å². The van der Waals surface area contributed by atoms with Crippen molar-refractivity contribution < 1.29 is 4.74 Å². The molecule has 4 heterocycles. The minimum Gasteiger partial charge on any atom is -0.379 e. The van der Waals surface area contributed by atoms with Crippen molar-refractivity contribution in [3.8, 4) is 22.5 Å². The third-order valence-corrected chi connectivity index (χ3v) is 6.77. The van der Waals surface area contributed by atoms with Crippen molar-refractivity contribution in [2.45, 2.75) is 31.8 Å². The first-order chi connectivity index (χ1) is 17.7. The summed E-state index contributed by atoms with van der Waals surface area (Å²) in [5.74, 6) is 1.15. The van der Waals surface area contributed by atoms with E-state index in [2.05, 4.69) is 25.1 Å². The first kappa shape index (κ1) is 22.8. The molecule has 0 radical (unpaired) electrons. The first-order valence-corrected chi connectivity index (χ1v) is 12.5. The Kier molecular flexibility index (Phi) is 6.40. The normalized spacial score (nSPS) is 16.3. The molecule has 1 aliphatic carbocycles. The molecule has 0 N–H and O–H groups in total. The monoisotopic (exact) mass is 483 g/mol. The second-order valence-corrected chi connectivity index (χ2v) is 9.47. The Balaban J connectivity index is 1.13. The van der Waals surface area contributed by atoms with Crippen LogP contribution in [0.4, 0.5) is 0 Å². The van der Waals surface area contributed by atoms with Gasteiger partial charge in [-0.05, 0) is 30.5 Å². The lowest BCUT2D eigenvalue weighted by molar-refractivity contribution is 0.0360. The molecule has 1 saturated heterocycles. The van der Waals surface area contributed by atoms with Crippen LogP contribution in [0.2, 0.25) is 0 Å². The van der Waals surface area contributed by atoms with Gasteiger partial charge in [-0.2, -0.15) is 10.2 Å². The standard InChI is InChI=1S/C27H29N7O2/c35-26-7-6-25(21-4-5-21)31-34(26)18-20-2-1-3-22(14-20)27-28-15-23(16-29-27)24-17-30-33(19-24)9-8-32-10-12-36-13-11-32/h1-3,6-7,14-17,19,21H,4-5,8-13,18H2. The van der Waals surface area contributed by atoms with E-state index in [9.17, 15) is 4.79 Å². The van der Waals surface area contributed by atoms with E-state index in [4.69, 9.17) is 4.74 Å². The molecule has 0 atom stereocenters. The van der Waals surface area contributed by atoms with E-state index in [0.29, 0.717) is 18.3 Å². The van der Waals surface area contributed by atoms with Crippen LogP contribution < -0.4 is 5.56 Å². The van der Waals surface area contributed by atoms with E-state index < -0.39 is 0 Å². The molecule has 4 aromatic rings. The van der Waals surface area contributed by atoms with Crippen LogP contribution in [-0.4, -0.2) is 67.3 Å². The van der Waals surface area contributed by atoms with Crippen molar-refractivity contribution in [2.75, 3.05) is 32.8 Å². The highest BCUT2D eigenvalue weighted by Gasteiger charge is 2.25. The highest BCUT2D eigenvalue weighted by Crippen LogP contribution is 2.38. The molecule has 9 heteroatoms. The Morgan fingerprint density at radius 2 is 1.75 bits per heavy atom. The number of aromatic nitrogens is 6. The molecule has 3 aromatic heterocycles. The van der Waals surface area contributed by atoms with Gasteiger partial charge in [0.15, 0.2) is 5.82 Å². The van der Waals surface area contributed by atoms with Crippen LogP contribution in [0.5, 0.6) is 0 Å². The van der Waals surface area contributed by atoms with E-state index in [1.807, 2.05) is 59.8 Å². The Morgan fingerprint density at radius 3 is 2.56 bits per heavy atom. The Bertz CT molecular complexity index is 1390. The first-order valence-electron chi connectivity index (χ1n) is 12.5. The van der Waals surface area contributed by atoms with Gasteiger partial charge in [0.1, 0.15) is 0 Å². The zero-order valence-electron chi connectivity index (χ0n) is 20.2. The van der Waals surface area contributed by atoms with Crippen LogP contribution in [0.3, 0.4) is 0 Å². The minimum absolute atomic E-state index is 0.0871. The molecule has 184 valence electrons. The predicted molar refractivity (Wildman–Crippen MR) is 136 cm³/mol. The SMILES string of the molecule is O=c1ccc(C2CC2)nn1Cc1cccc(-c2ncc(-c3cnn(CCN4CCOCC4)c3)cn2)c1. The predicted octanol–water partition coefficient (Wildman–Crippen LogP) is 2.82. The summed E-state index contributed by atoms with van der Waals surface area (Å²) in [6.45, 7) is 5.79. The Labute approximate surface area is 209 Å². The van der Waals surface area contributed by atoms with Gasteiger partial charge >= 0.3 is 0 Å². The molecule has 1 saturated carbocycles. The molecule has 2 fully saturated rings. The second kappa shape index (κ2) is 10.1. The van der Waals surface area contributed by atoms with Gasteiger partial charge in [-0.25, -0.2) is 14.6 Å². The molecular weight excluding hydrogens is 454 g/mol. The lowest BCUT2D eigenvalue weighted by atomic mass is 10.1. The second-order valence-electron chi connectivity index (χ2n) is 9.47. The molecule has 36 heavy (non-hydrogen) atoms. The van der Waals surface area contributed by atoms with Gasteiger partial charge in [0, 0.05) is 66.9 Å². The van der Waals surface area contributed by atoms with E-state index in [1.165, 1.54) is 0 Å². The van der Waals surface area contributed by atoms with Gasteiger partial charge < -0.3 is 4.74 Å². The van der Waals surface area contributed by atoms with Gasteiger partial charge in [0.2, 0.25) is 0 Å². The molecule has 0 bridgehead atoms. The molecule has 1 aliphatic heterocycles. The average molecular weight is 484 g/mol. The number of benzene rings is 1. The van der Waals surface area contributed by atoms with Crippen LogP contribution in [0.1, 0.15) is 30.0 Å². The fraction of sp³-hybridized carbons (Fsp3) is 0.370. The lowest BCUT2D eigenvalue weighted by Gasteiger charge is -2.26. The molecule has 0 spiro atoms. The third kappa shape index (κ3) is 5.27.